The summed E-state index contributed by atoms with van der Waals surface area (Å²) in [5.74, 6) is 0. The van der Waals surface area contributed by atoms with Gasteiger partial charge >= 0.3 is 0 Å². The third-order valence-electron chi connectivity index (χ3n) is 2.85. The van der Waals surface area contributed by atoms with Crippen LogP contribution in [0.2, 0.25) is 0 Å². The van der Waals surface area contributed by atoms with Crippen molar-refractivity contribution in [3.63, 3.8) is 0 Å². The number of unbranched alkanes of at least 4 members (excludes halogenated alkanes) is 1. The van der Waals surface area contributed by atoms with Gasteiger partial charge in [0.15, 0.2) is 0 Å². The van der Waals surface area contributed by atoms with Crippen molar-refractivity contribution in [2.24, 2.45) is 0 Å². The SMILES string of the molecule is CCC(P)P.CCCC.c1ccc(-c2ccccc2)cc1. The van der Waals surface area contributed by atoms with Gasteiger partial charge in [-0.1, -0.05) is 94.3 Å². The van der Waals surface area contributed by atoms with Crippen molar-refractivity contribution in [2.75, 3.05) is 0 Å². The summed E-state index contributed by atoms with van der Waals surface area (Å²) in [7, 11) is 5.39. The maximum absolute atomic E-state index is 2.70. The van der Waals surface area contributed by atoms with Gasteiger partial charge in [-0.3, -0.25) is 0 Å². The molecule has 2 heteroatoms. The molecule has 0 nitrogen and oxygen atoms in total. The zero-order chi connectivity index (χ0) is 15.9. The van der Waals surface area contributed by atoms with Gasteiger partial charge in [-0.2, -0.15) is 0 Å². The standard InChI is InChI=1S/C12H10.C4H10.C3H10P2/c1-3-7-11(8-4-1)12-9-5-2-6-10-12;1-3-4-2;1-2-3(4)5/h1-10H;3-4H2,1-2H3;3H,2,4-5H2,1H3. The van der Waals surface area contributed by atoms with E-state index in [1.54, 1.807) is 0 Å². The van der Waals surface area contributed by atoms with E-state index < -0.39 is 0 Å². The van der Waals surface area contributed by atoms with Crippen molar-refractivity contribution in [2.45, 2.75) is 45.4 Å². The molecule has 0 N–H and O–H groups in total. The Morgan fingerprint density at radius 1 is 0.667 bits per heavy atom. The molecule has 0 heterocycles. The van der Waals surface area contributed by atoms with Crippen LogP contribution in [0.4, 0.5) is 0 Å². The van der Waals surface area contributed by atoms with Crippen LogP contribution in [0.5, 0.6) is 0 Å². The van der Waals surface area contributed by atoms with Crippen LogP contribution in [0.1, 0.15) is 40.0 Å². The first-order chi connectivity index (χ1) is 10.2. The molecule has 0 radical (unpaired) electrons. The van der Waals surface area contributed by atoms with Crippen LogP contribution in [0, 0.1) is 0 Å². The first-order valence-corrected chi connectivity index (χ1v) is 9.10. The summed E-state index contributed by atoms with van der Waals surface area (Å²) >= 11 is 0. The van der Waals surface area contributed by atoms with Crippen LogP contribution in [0.3, 0.4) is 0 Å². The monoisotopic (exact) mass is 320 g/mol. The van der Waals surface area contributed by atoms with Crippen LogP contribution in [-0.2, 0) is 0 Å². The Labute approximate surface area is 136 Å². The van der Waals surface area contributed by atoms with Crippen molar-refractivity contribution >= 4 is 18.5 Å². The van der Waals surface area contributed by atoms with Crippen LogP contribution in [0.25, 0.3) is 11.1 Å². The zero-order valence-electron chi connectivity index (χ0n) is 13.6. The fraction of sp³-hybridized carbons (Fsp3) is 0.368. The van der Waals surface area contributed by atoms with Crippen molar-refractivity contribution in [3.05, 3.63) is 60.7 Å². The molecule has 0 fully saturated rings. The van der Waals surface area contributed by atoms with Gasteiger partial charge < -0.3 is 0 Å². The maximum Gasteiger partial charge on any atom is -0.0121 e. The minimum atomic E-state index is 0.718. The first-order valence-electron chi connectivity index (χ1n) is 7.77. The van der Waals surface area contributed by atoms with Gasteiger partial charge in [0.25, 0.3) is 0 Å². The number of hydrogen-bond acceptors (Lipinski definition) is 0. The average Bonchev–Trinajstić information content (AvgIpc) is 2.57. The molecule has 0 bridgehead atoms. The van der Waals surface area contributed by atoms with Crippen LogP contribution < -0.4 is 0 Å². The molecule has 0 saturated carbocycles. The minimum absolute atomic E-state index is 0.718. The third-order valence-corrected chi connectivity index (χ3v) is 3.80. The number of benzene rings is 2. The molecule has 21 heavy (non-hydrogen) atoms. The fourth-order valence-corrected chi connectivity index (χ4v) is 1.26. The largest absolute Gasteiger partial charge is 0.130 e. The third kappa shape index (κ3) is 11.6. The van der Waals surface area contributed by atoms with E-state index in [0.29, 0.717) is 0 Å². The number of hydrogen-bond donors (Lipinski definition) is 0. The molecule has 0 spiro atoms. The lowest BCUT2D eigenvalue weighted by Crippen LogP contribution is -1.73. The van der Waals surface area contributed by atoms with E-state index in [1.807, 2.05) is 12.1 Å². The van der Waals surface area contributed by atoms with Gasteiger partial charge in [-0.05, 0) is 22.9 Å². The summed E-state index contributed by atoms with van der Waals surface area (Å²) in [5.41, 5.74) is 2.55. The van der Waals surface area contributed by atoms with Crippen molar-refractivity contribution in [1.29, 1.82) is 0 Å². The molecule has 0 aromatic heterocycles. The van der Waals surface area contributed by atoms with E-state index in [9.17, 15) is 0 Å². The molecule has 0 amide bonds. The Hall–Kier alpha value is -0.700. The molecule has 2 unspecified atom stereocenters. The lowest BCUT2D eigenvalue weighted by molar-refractivity contribution is 0.886. The van der Waals surface area contributed by atoms with Crippen LogP contribution in [0.15, 0.2) is 60.7 Å². The molecular weight excluding hydrogens is 290 g/mol. The maximum atomic E-state index is 2.70. The van der Waals surface area contributed by atoms with E-state index in [1.165, 1.54) is 30.4 Å². The number of rotatable bonds is 3. The Morgan fingerprint density at radius 2 is 0.952 bits per heavy atom. The summed E-state index contributed by atoms with van der Waals surface area (Å²) in [6.45, 7) is 6.52. The Kier molecular flexibility index (Phi) is 13.8. The molecule has 2 atom stereocenters. The Bertz CT molecular complexity index is 384. The van der Waals surface area contributed by atoms with Crippen molar-refractivity contribution in [1.82, 2.24) is 0 Å². The van der Waals surface area contributed by atoms with E-state index in [2.05, 4.69) is 87.8 Å². The summed E-state index contributed by atoms with van der Waals surface area (Å²) in [5, 5.41) is 0.718. The minimum Gasteiger partial charge on any atom is -0.130 e. The normalized spacial score (nSPS) is 9.24. The van der Waals surface area contributed by atoms with Crippen molar-refractivity contribution in [3.8, 4) is 11.1 Å². The highest BCUT2D eigenvalue weighted by molar-refractivity contribution is 7.37. The lowest BCUT2D eigenvalue weighted by Gasteiger charge is -1.98. The summed E-state index contributed by atoms with van der Waals surface area (Å²) in [6, 6.07) is 20.8. The fourth-order valence-electron chi connectivity index (χ4n) is 1.26. The quantitative estimate of drug-likeness (QED) is 0.557. The molecule has 2 aromatic rings. The molecule has 2 aromatic carbocycles. The summed E-state index contributed by atoms with van der Waals surface area (Å²) in [4.78, 5) is 0. The molecule has 116 valence electrons. The van der Waals surface area contributed by atoms with E-state index in [0.717, 1.165) is 5.40 Å². The zero-order valence-corrected chi connectivity index (χ0v) is 15.9. The summed E-state index contributed by atoms with van der Waals surface area (Å²) < 4.78 is 0. The highest BCUT2D eigenvalue weighted by Crippen LogP contribution is 2.17. The van der Waals surface area contributed by atoms with Gasteiger partial charge in [0, 0.05) is 0 Å². The Balaban J connectivity index is 0.000000374. The molecule has 2 rings (SSSR count). The second kappa shape index (κ2) is 14.2. The molecule has 0 saturated heterocycles. The highest BCUT2D eigenvalue weighted by atomic mass is 31.1. The van der Waals surface area contributed by atoms with Crippen LogP contribution >= 0.6 is 18.5 Å². The van der Waals surface area contributed by atoms with Gasteiger partial charge in [0.2, 0.25) is 0 Å². The predicted molar refractivity (Wildman–Crippen MR) is 106 cm³/mol. The van der Waals surface area contributed by atoms with Crippen molar-refractivity contribution < 1.29 is 0 Å². The second-order valence-electron chi connectivity index (χ2n) is 4.80. The Morgan fingerprint density at radius 3 is 1.14 bits per heavy atom. The second-order valence-corrected chi connectivity index (χ2v) is 7.29. The predicted octanol–water partition coefficient (Wildman–Crippen LogP) is 6.63. The lowest BCUT2D eigenvalue weighted by atomic mass is 10.1. The van der Waals surface area contributed by atoms with E-state index in [4.69, 9.17) is 0 Å². The molecule has 0 aliphatic heterocycles. The van der Waals surface area contributed by atoms with Gasteiger partial charge in [0.05, 0.1) is 0 Å². The van der Waals surface area contributed by atoms with Gasteiger partial charge in [-0.25, -0.2) is 0 Å². The molecular formula is C19H30P2. The average molecular weight is 320 g/mol. The topological polar surface area (TPSA) is 0 Å². The highest BCUT2D eigenvalue weighted by Gasteiger charge is 1.91. The van der Waals surface area contributed by atoms with Gasteiger partial charge in [0.1, 0.15) is 0 Å². The molecule has 0 aliphatic rings. The van der Waals surface area contributed by atoms with E-state index >= 15 is 0 Å². The van der Waals surface area contributed by atoms with Crippen LogP contribution in [-0.4, -0.2) is 5.40 Å². The molecule has 0 aliphatic carbocycles. The van der Waals surface area contributed by atoms with E-state index in [-0.39, 0.29) is 0 Å². The first kappa shape index (κ1) is 20.3. The smallest absolute Gasteiger partial charge is 0.0121 e. The van der Waals surface area contributed by atoms with Gasteiger partial charge in [-0.15, -0.1) is 18.5 Å². The summed E-state index contributed by atoms with van der Waals surface area (Å²) in [6.07, 6.45) is 3.87.